The van der Waals surface area contributed by atoms with Gasteiger partial charge in [0, 0.05) is 18.2 Å². The smallest absolute Gasteiger partial charge is 0.406 e. The average molecular weight is 413 g/mol. The Morgan fingerprint density at radius 3 is 2.32 bits per heavy atom. The van der Waals surface area contributed by atoms with Crippen molar-refractivity contribution in [3.8, 4) is 5.75 Å². The lowest BCUT2D eigenvalue weighted by atomic mass is 10.1. The highest BCUT2D eigenvalue weighted by Crippen LogP contribution is 2.26. The summed E-state index contributed by atoms with van der Waals surface area (Å²) in [6.45, 7) is 0.397. The van der Waals surface area contributed by atoms with E-state index in [4.69, 9.17) is 0 Å². The third-order valence-electron chi connectivity index (χ3n) is 4.49. The Bertz CT molecular complexity index is 928. The van der Waals surface area contributed by atoms with Gasteiger partial charge in [-0.25, -0.2) is 8.42 Å². The maximum atomic E-state index is 12.7. The van der Waals surface area contributed by atoms with Gasteiger partial charge in [0.25, 0.3) is 5.91 Å². The molecular formula is C19H18F3NO4S. The molecule has 0 aromatic heterocycles. The molecule has 1 atom stereocenters. The maximum Gasteiger partial charge on any atom is 0.573 e. The van der Waals surface area contributed by atoms with Crippen LogP contribution >= 0.6 is 0 Å². The molecule has 0 N–H and O–H groups in total. The molecule has 1 aliphatic rings. The summed E-state index contributed by atoms with van der Waals surface area (Å²) in [6.07, 6.45) is -3.60. The number of halogens is 3. The van der Waals surface area contributed by atoms with E-state index in [1.54, 1.807) is 18.2 Å². The molecule has 1 unspecified atom stereocenters. The zero-order chi connectivity index (χ0) is 20.4. The van der Waals surface area contributed by atoms with Gasteiger partial charge in [-0.05, 0) is 49.2 Å². The highest BCUT2D eigenvalue weighted by molar-refractivity contribution is 7.91. The number of carbonyl (C=O) groups excluding carboxylic acids is 1. The zero-order valence-electron chi connectivity index (χ0n) is 14.7. The van der Waals surface area contributed by atoms with E-state index < -0.39 is 33.9 Å². The van der Waals surface area contributed by atoms with E-state index in [0.29, 0.717) is 19.4 Å². The molecule has 2 aromatic rings. The SMILES string of the molecule is O=C(c1ccc(OC(F)(F)F)cc1)N1CCCC1CS(=O)(=O)c1ccccc1. The number of ether oxygens (including phenoxy) is 1. The highest BCUT2D eigenvalue weighted by Gasteiger charge is 2.34. The van der Waals surface area contributed by atoms with Gasteiger partial charge in [-0.15, -0.1) is 13.2 Å². The van der Waals surface area contributed by atoms with Gasteiger partial charge in [0.2, 0.25) is 0 Å². The summed E-state index contributed by atoms with van der Waals surface area (Å²) in [4.78, 5) is 14.4. The first kappa shape index (κ1) is 20.2. The molecule has 1 aliphatic heterocycles. The van der Waals surface area contributed by atoms with Crippen LogP contribution in [0.4, 0.5) is 13.2 Å². The number of benzene rings is 2. The molecule has 150 valence electrons. The van der Waals surface area contributed by atoms with Crippen molar-refractivity contribution in [3.05, 3.63) is 60.2 Å². The topological polar surface area (TPSA) is 63.7 Å². The van der Waals surface area contributed by atoms with Gasteiger partial charge in [0.05, 0.1) is 10.6 Å². The van der Waals surface area contributed by atoms with Crippen LogP contribution in [0.25, 0.3) is 0 Å². The fraction of sp³-hybridized carbons (Fsp3) is 0.316. The number of likely N-dealkylation sites (tertiary alicyclic amines) is 1. The van der Waals surface area contributed by atoms with Gasteiger partial charge >= 0.3 is 6.36 Å². The molecule has 0 spiro atoms. The minimum absolute atomic E-state index is 0.179. The van der Waals surface area contributed by atoms with E-state index in [0.717, 1.165) is 12.1 Å². The van der Waals surface area contributed by atoms with Crippen molar-refractivity contribution in [2.24, 2.45) is 0 Å². The lowest BCUT2D eigenvalue weighted by Gasteiger charge is -2.25. The standard InChI is InChI=1S/C19H18F3NO4S/c20-19(21,22)27-16-10-8-14(9-11-16)18(24)23-12-4-5-15(23)13-28(25,26)17-6-2-1-3-7-17/h1-3,6-11,15H,4-5,12-13H2. The molecule has 3 rings (SSSR count). The van der Waals surface area contributed by atoms with E-state index in [-0.39, 0.29) is 16.2 Å². The molecule has 2 aromatic carbocycles. The van der Waals surface area contributed by atoms with Crippen LogP contribution in [-0.2, 0) is 9.84 Å². The van der Waals surface area contributed by atoms with Crippen molar-refractivity contribution < 1.29 is 31.1 Å². The van der Waals surface area contributed by atoms with Gasteiger partial charge in [0.1, 0.15) is 5.75 Å². The number of alkyl halides is 3. The second-order valence-electron chi connectivity index (χ2n) is 6.46. The van der Waals surface area contributed by atoms with E-state index in [2.05, 4.69) is 4.74 Å². The first-order chi connectivity index (χ1) is 13.2. The van der Waals surface area contributed by atoms with Gasteiger partial charge < -0.3 is 9.64 Å². The Hall–Kier alpha value is -2.55. The first-order valence-corrected chi connectivity index (χ1v) is 10.3. The van der Waals surface area contributed by atoms with Gasteiger partial charge in [-0.1, -0.05) is 18.2 Å². The van der Waals surface area contributed by atoms with Crippen LogP contribution in [0.15, 0.2) is 59.5 Å². The second kappa shape index (κ2) is 7.83. The molecular weight excluding hydrogens is 395 g/mol. The molecule has 5 nitrogen and oxygen atoms in total. The quantitative estimate of drug-likeness (QED) is 0.751. The predicted molar refractivity (Wildman–Crippen MR) is 95.7 cm³/mol. The third-order valence-corrected chi connectivity index (χ3v) is 6.30. The van der Waals surface area contributed by atoms with Crippen molar-refractivity contribution in [2.75, 3.05) is 12.3 Å². The van der Waals surface area contributed by atoms with Crippen LogP contribution in [0, 0.1) is 0 Å². The Labute approximate surface area is 160 Å². The lowest BCUT2D eigenvalue weighted by Crippen LogP contribution is -2.39. The largest absolute Gasteiger partial charge is 0.573 e. The summed E-state index contributed by atoms with van der Waals surface area (Å²) in [5.41, 5.74) is 0.179. The summed E-state index contributed by atoms with van der Waals surface area (Å²) >= 11 is 0. The average Bonchev–Trinajstić information content (AvgIpc) is 3.08. The van der Waals surface area contributed by atoms with Crippen LogP contribution in [0.3, 0.4) is 0 Å². The zero-order valence-corrected chi connectivity index (χ0v) is 15.5. The molecule has 1 saturated heterocycles. The summed E-state index contributed by atoms with van der Waals surface area (Å²) < 4.78 is 65.7. The van der Waals surface area contributed by atoms with Crippen molar-refractivity contribution in [2.45, 2.75) is 30.1 Å². The van der Waals surface area contributed by atoms with Crippen LogP contribution in [0.1, 0.15) is 23.2 Å². The number of hydrogen-bond donors (Lipinski definition) is 0. The van der Waals surface area contributed by atoms with E-state index in [1.807, 2.05) is 0 Å². The highest BCUT2D eigenvalue weighted by atomic mass is 32.2. The number of rotatable bonds is 5. The molecule has 0 saturated carbocycles. The van der Waals surface area contributed by atoms with Crippen LogP contribution in [0.2, 0.25) is 0 Å². The molecule has 0 bridgehead atoms. The van der Waals surface area contributed by atoms with E-state index >= 15 is 0 Å². The van der Waals surface area contributed by atoms with Crippen LogP contribution in [0.5, 0.6) is 5.75 Å². The molecule has 9 heteroatoms. The Kier molecular flexibility index (Phi) is 5.64. The van der Waals surface area contributed by atoms with Gasteiger partial charge in [0.15, 0.2) is 9.84 Å². The number of sulfone groups is 1. The van der Waals surface area contributed by atoms with Crippen LogP contribution < -0.4 is 4.74 Å². The van der Waals surface area contributed by atoms with Crippen molar-refractivity contribution in [1.29, 1.82) is 0 Å². The first-order valence-electron chi connectivity index (χ1n) is 8.60. The number of hydrogen-bond acceptors (Lipinski definition) is 4. The molecule has 1 amide bonds. The summed E-state index contributed by atoms with van der Waals surface area (Å²) in [6, 6.07) is 12.1. The number of amides is 1. The third kappa shape index (κ3) is 4.83. The lowest BCUT2D eigenvalue weighted by molar-refractivity contribution is -0.274. The fourth-order valence-electron chi connectivity index (χ4n) is 3.22. The molecule has 28 heavy (non-hydrogen) atoms. The Balaban J connectivity index is 1.73. The minimum atomic E-state index is -4.81. The number of carbonyl (C=O) groups is 1. The molecule has 0 radical (unpaired) electrons. The fourth-order valence-corrected chi connectivity index (χ4v) is 4.84. The Morgan fingerprint density at radius 2 is 1.71 bits per heavy atom. The summed E-state index contributed by atoms with van der Waals surface area (Å²) in [7, 11) is -3.56. The summed E-state index contributed by atoms with van der Waals surface area (Å²) in [5.74, 6) is -1.03. The van der Waals surface area contributed by atoms with E-state index in [1.165, 1.54) is 29.2 Å². The van der Waals surface area contributed by atoms with Gasteiger partial charge in [-0.3, -0.25) is 4.79 Å². The van der Waals surface area contributed by atoms with Crippen molar-refractivity contribution in [3.63, 3.8) is 0 Å². The van der Waals surface area contributed by atoms with Crippen molar-refractivity contribution >= 4 is 15.7 Å². The number of nitrogens with zero attached hydrogens (tertiary/aromatic N) is 1. The van der Waals surface area contributed by atoms with E-state index in [9.17, 15) is 26.4 Å². The predicted octanol–water partition coefficient (Wildman–Crippen LogP) is 3.66. The van der Waals surface area contributed by atoms with Crippen LogP contribution in [-0.4, -0.2) is 43.9 Å². The van der Waals surface area contributed by atoms with Crippen molar-refractivity contribution in [1.82, 2.24) is 4.90 Å². The molecule has 0 aliphatic carbocycles. The second-order valence-corrected chi connectivity index (χ2v) is 8.50. The summed E-state index contributed by atoms with van der Waals surface area (Å²) in [5, 5.41) is 0. The Morgan fingerprint density at radius 1 is 1.07 bits per heavy atom. The molecule has 1 heterocycles. The monoisotopic (exact) mass is 413 g/mol. The normalized spacial score (nSPS) is 17.5. The molecule has 1 fully saturated rings. The minimum Gasteiger partial charge on any atom is -0.406 e. The van der Waals surface area contributed by atoms with Gasteiger partial charge in [-0.2, -0.15) is 0 Å². The maximum absolute atomic E-state index is 12.7.